The number of nitrogens with one attached hydrogen (secondary N) is 2. The average molecular weight is 394 g/mol. The number of amides is 2. The first-order valence-corrected chi connectivity index (χ1v) is 9.86. The molecule has 0 bridgehead atoms. The largest absolute Gasteiger partial charge is 0.452 e. The molecule has 152 valence electrons. The van der Waals surface area contributed by atoms with E-state index in [4.69, 9.17) is 4.74 Å². The van der Waals surface area contributed by atoms with Crippen LogP contribution in [0.4, 0.5) is 5.69 Å². The Balaban J connectivity index is 1.52. The van der Waals surface area contributed by atoms with Crippen LogP contribution in [0.1, 0.15) is 49.4 Å². The third-order valence-electron chi connectivity index (χ3n) is 4.99. The highest BCUT2D eigenvalue weighted by atomic mass is 16.5. The first-order chi connectivity index (χ1) is 13.9. The summed E-state index contributed by atoms with van der Waals surface area (Å²) in [5.74, 6) is -0.914. The number of aryl methyl sites for hydroxylation is 1. The minimum atomic E-state index is -0.866. The lowest BCUT2D eigenvalue weighted by Crippen LogP contribution is -2.39. The smallest absolute Gasteiger partial charge is 0.311 e. The Hall–Kier alpha value is -3.15. The highest BCUT2D eigenvalue weighted by Crippen LogP contribution is 2.29. The maximum Gasteiger partial charge on any atom is 0.311 e. The van der Waals surface area contributed by atoms with Crippen LogP contribution in [0.15, 0.2) is 48.5 Å². The Morgan fingerprint density at radius 2 is 1.83 bits per heavy atom. The Morgan fingerprint density at radius 3 is 2.55 bits per heavy atom. The summed E-state index contributed by atoms with van der Waals surface area (Å²) in [4.78, 5) is 35.8. The van der Waals surface area contributed by atoms with E-state index < -0.39 is 12.1 Å². The predicted octanol–water partition coefficient (Wildman–Crippen LogP) is 3.31. The van der Waals surface area contributed by atoms with Gasteiger partial charge in [-0.1, -0.05) is 36.4 Å². The van der Waals surface area contributed by atoms with E-state index in [-0.39, 0.29) is 24.3 Å². The van der Waals surface area contributed by atoms with Gasteiger partial charge in [-0.3, -0.25) is 14.4 Å². The van der Waals surface area contributed by atoms with Gasteiger partial charge < -0.3 is 15.4 Å². The number of hydrogen-bond donors (Lipinski definition) is 2. The quantitative estimate of drug-likeness (QED) is 0.736. The molecule has 2 aromatic carbocycles. The van der Waals surface area contributed by atoms with Crippen LogP contribution >= 0.6 is 0 Å². The van der Waals surface area contributed by atoms with Crippen LogP contribution in [0.3, 0.4) is 0 Å². The third-order valence-corrected chi connectivity index (χ3v) is 4.99. The average Bonchev–Trinajstić information content (AvgIpc) is 2.69. The SMILES string of the molecule is CC(=O)Nc1ccc(CC(=O)O[C@H](C)C(=O)N[C@H]2CCCc3ccccc32)cc1. The fraction of sp³-hybridized carbons (Fsp3) is 0.348. The van der Waals surface area contributed by atoms with E-state index in [0.29, 0.717) is 5.69 Å². The molecule has 0 unspecified atom stereocenters. The first-order valence-electron chi connectivity index (χ1n) is 9.86. The zero-order valence-corrected chi connectivity index (χ0v) is 16.7. The maximum absolute atomic E-state index is 12.5. The number of carbonyl (C=O) groups is 3. The molecule has 2 aromatic rings. The summed E-state index contributed by atoms with van der Waals surface area (Å²) in [5, 5.41) is 5.68. The molecule has 3 rings (SSSR count). The molecule has 0 heterocycles. The van der Waals surface area contributed by atoms with Crippen LogP contribution in [-0.4, -0.2) is 23.9 Å². The van der Waals surface area contributed by atoms with Gasteiger partial charge in [0.15, 0.2) is 6.10 Å². The number of anilines is 1. The molecule has 2 N–H and O–H groups in total. The van der Waals surface area contributed by atoms with E-state index in [2.05, 4.69) is 16.7 Å². The van der Waals surface area contributed by atoms with Gasteiger partial charge in [0.05, 0.1) is 12.5 Å². The topological polar surface area (TPSA) is 84.5 Å². The van der Waals surface area contributed by atoms with Crippen LogP contribution in [-0.2, 0) is 32.0 Å². The molecule has 6 heteroatoms. The van der Waals surface area contributed by atoms with Crippen molar-refractivity contribution in [2.24, 2.45) is 0 Å². The van der Waals surface area contributed by atoms with E-state index in [0.717, 1.165) is 30.4 Å². The minimum absolute atomic E-state index is 0.0464. The molecule has 0 radical (unpaired) electrons. The van der Waals surface area contributed by atoms with E-state index in [1.54, 1.807) is 31.2 Å². The van der Waals surface area contributed by atoms with Crippen molar-refractivity contribution >= 4 is 23.5 Å². The van der Waals surface area contributed by atoms with E-state index in [1.807, 2.05) is 18.2 Å². The second-order valence-corrected chi connectivity index (χ2v) is 7.34. The Morgan fingerprint density at radius 1 is 1.10 bits per heavy atom. The lowest BCUT2D eigenvalue weighted by Gasteiger charge is -2.27. The Kier molecular flexibility index (Phi) is 6.65. The van der Waals surface area contributed by atoms with Crippen LogP contribution in [0.2, 0.25) is 0 Å². The summed E-state index contributed by atoms with van der Waals surface area (Å²) < 4.78 is 5.32. The number of rotatable bonds is 6. The minimum Gasteiger partial charge on any atom is -0.452 e. The van der Waals surface area contributed by atoms with Gasteiger partial charge in [0.25, 0.3) is 5.91 Å². The second-order valence-electron chi connectivity index (χ2n) is 7.34. The molecule has 0 spiro atoms. The molecular weight excluding hydrogens is 368 g/mol. The standard InChI is InChI=1S/C23H26N2O4/c1-15(23(28)25-21-9-5-7-18-6-3-4-8-20(18)21)29-22(27)14-17-10-12-19(13-11-17)24-16(2)26/h3-4,6,8,10-13,15,21H,5,7,9,14H2,1-2H3,(H,24,26)(H,25,28)/t15-,21+/m1/s1. The molecule has 1 aliphatic carbocycles. The number of carbonyl (C=O) groups excluding carboxylic acids is 3. The van der Waals surface area contributed by atoms with Crippen LogP contribution in [0.25, 0.3) is 0 Å². The van der Waals surface area contributed by atoms with Crippen molar-refractivity contribution in [1.82, 2.24) is 5.32 Å². The van der Waals surface area contributed by atoms with Crippen molar-refractivity contribution in [2.45, 2.75) is 51.7 Å². The van der Waals surface area contributed by atoms with Gasteiger partial charge in [0, 0.05) is 12.6 Å². The molecule has 29 heavy (non-hydrogen) atoms. The van der Waals surface area contributed by atoms with E-state index >= 15 is 0 Å². The van der Waals surface area contributed by atoms with E-state index in [1.165, 1.54) is 12.5 Å². The van der Waals surface area contributed by atoms with Crippen molar-refractivity contribution in [3.8, 4) is 0 Å². The summed E-state index contributed by atoms with van der Waals surface area (Å²) in [7, 11) is 0. The maximum atomic E-state index is 12.5. The van der Waals surface area contributed by atoms with Gasteiger partial charge in [0.1, 0.15) is 0 Å². The van der Waals surface area contributed by atoms with Gasteiger partial charge in [0.2, 0.25) is 5.91 Å². The summed E-state index contributed by atoms with van der Waals surface area (Å²) in [6, 6.07) is 15.0. The van der Waals surface area contributed by atoms with Gasteiger partial charge in [-0.15, -0.1) is 0 Å². The molecule has 0 saturated heterocycles. The number of benzene rings is 2. The van der Waals surface area contributed by atoms with E-state index in [9.17, 15) is 14.4 Å². The number of hydrogen-bond acceptors (Lipinski definition) is 4. The van der Waals surface area contributed by atoms with Crippen molar-refractivity contribution in [2.75, 3.05) is 5.32 Å². The van der Waals surface area contributed by atoms with Crippen molar-refractivity contribution < 1.29 is 19.1 Å². The molecule has 0 aliphatic heterocycles. The zero-order chi connectivity index (χ0) is 20.8. The summed E-state index contributed by atoms with van der Waals surface area (Å²) in [5.41, 5.74) is 3.81. The summed E-state index contributed by atoms with van der Waals surface area (Å²) in [6.45, 7) is 3.02. The van der Waals surface area contributed by atoms with Crippen molar-refractivity contribution in [1.29, 1.82) is 0 Å². The normalized spacial score (nSPS) is 16.3. The molecule has 6 nitrogen and oxygen atoms in total. The van der Waals surface area contributed by atoms with Crippen LogP contribution < -0.4 is 10.6 Å². The van der Waals surface area contributed by atoms with Crippen molar-refractivity contribution in [3.63, 3.8) is 0 Å². The van der Waals surface area contributed by atoms with Gasteiger partial charge in [-0.25, -0.2) is 0 Å². The van der Waals surface area contributed by atoms with Gasteiger partial charge in [-0.05, 0) is 55.0 Å². The molecule has 2 amide bonds. The van der Waals surface area contributed by atoms with Gasteiger partial charge >= 0.3 is 5.97 Å². The van der Waals surface area contributed by atoms with Crippen molar-refractivity contribution in [3.05, 3.63) is 65.2 Å². The van der Waals surface area contributed by atoms with Crippen LogP contribution in [0.5, 0.6) is 0 Å². The number of esters is 1. The Labute approximate surface area is 170 Å². The second kappa shape index (κ2) is 9.37. The highest BCUT2D eigenvalue weighted by molar-refractivity contribution is 5.88. The monoisotopic (exact) mass is 394 g/mol. The lowest BCUT2D eigenvalue weighted by atomic mass is 9.87. The summed E-state index contributed by atoms with van der Waals surface area (Å²) in [6.07, 6.45) is 2.11. The fourth-order valence-corrected chi connectivity index (χ4v) is 3.56. The molecular formula is C23H26N2O4. The molecule has 2 atom stereocenters. The molecule has 0 fully saturated rings. The highest BCUT2D eigenvalue weighted by Gasteiger charge is 2.25. The number of ether oxygens (including phenoxy) is 1. The third kappa shape index (κ3) is 5.67. The van der Waals surface area contributed by atoms with Crippen LogP contribution in [0, 0.1) is 0 Å². The molecule has 0 saturated carbocycles. The molecule has 0 aromatic heterocycles. The van der Waals surface area contributed by atoms with Gasteiger partial charge in [-0.2, -0.15) is 0 Å². The Bertz CT molecular complexity index is 892. The zero-order valence-electron chi connectivity index (χ0n) is 16.7. The number of fused-ring (bicyclic) bond motifs is 1. The molecule has 1 aliphatic rings. The first kappa shape index (κ1) is 20.6. The fourth-order valence-electron chi connectivity index (χ4n) is 3.56. The lowest BCUT2D eigenvalue weighted by molar-refractivity contribution is -0.154. The summed E-state index contributed by atoms with van der Waals surface area (Å²) >= 11 is 0. The predicted molar refractivity (Wildman–Crippen MR) is 110 cm³/mol.